The van der Waals surface area contributed by atoms with Crippen LogP contribution in [0.4, 0.5) is 0 Å². The highest BCUT2D eigenvalue weighted by Gasteiger charge is 2.16. The summed E-state index contributed by atoms with van der Waals surface area (Å²) in [7, 11) is 0. The van der Waals surface area contributed by atoms with Gasteiger partial charge >= 0.3 is 0 Å². The van der Waals surface area contributed by atoms with Crippen LogP contribution in [0.3, 0.4) is 0 Å². The van der Waals surface area contributed by atoms with Gasteiger partial charge in [0.25, 0.3) is 5.91 Å². The molecule has 1 fully saturated rings. The van der Waals surface area contributed by atoms with Crippen LogP contribution in [0.25, 0.3) is 10.9 Å². The number of amides is 1. The third kappa shape index (κ3) is 2.24. The molecule has 2 heterocycles. The Morgan fingerprint density at radius 2 is 2.06 bits per heavy atom. The number of piperidine rings is 1. The van der Waals surface area contributed by atoms with Crippen LogP contribution in [0.15, 0.2) is 30.5 Å². The minimum atomic E-state index is 0.0263. The van der Waals surface area contributed by atoms with Crippen LogP contribution >= 0.6 is 0 Å². The zero-order chi connectivity index (χ0) is 12.4. The maximum Gasteiger partial charge on any atom is 0.251 e. The van der Waals surface area contributed by atoms with Crippen LogP contribution in [-0.2, 0) is 0 Å². The van der Waals surface area contributed by atoms with Crippen molar-refractivity contribution in [1.29, 1.82) is 0 Å². The van der Waals surface area contributed by atoms with E-state index in [0.29, 0.717) is 6.04 Å². The number of benzene rings is 1. The van der Waals surface area contributed by atoms with Gasteiger partial charge in [0.15, 0.2) is 0 Å². The van der Waals surface area contributed by atoms with Crippen molar-refractivity contribution >= 4 is 16.8 Å². The lowest BCUT2D eigenvalue weighted by Gasteiger charge is -2.23. The fourth-order valence-electron chi connectivity index (χ4n) is 2.42. The molecule has 0 atom stereocenters. The van der Waals surface area contributed by atoms with Crippen molar-refractivity contribution in [3.05, 3.63) is 36.0 Å². The van der Waals surface area contributed by atoms with E-state index in [1.807, 2.05) is 30.5 Å². The molecule has 1 saturated heterocycles. The van der Waals surface area contributed by atoms with Crippen molar-refractivity contribution in [3.8, 4) is 0 Å². The maximum atomic E-state index is 12.1. The van der Waals surface area contributed by atoms with Crippen LogP contribution in [-0.4, -0.2) is 30.0 Å². The first-order valence-electron chi connectivity index (χ1n) is 6.42. The standard InChI is InChI=1S/C14H17N3O/c18-14(17-12-4-6-15-7-5-12)11-2-1-10-3-8-16-13(10)9-11/h1-3,8-9,12,15-16H,4-7H2,(H,17,18). The zero-order valence-electron chi connectivity index (χ0n) is 10.2. The first-order valence-corrected chi connectivity index (χ1v) is 6.42. The first-order chi connectivity index (χ1) is 8.83. The molecule has 1 aromatic carbocycles. The monoisotopic (exact) mass is 243 g/mol. The largest absolute Gasteiger partial charge is 0.361 e. The Labute approximate surface area is 106 Å². The zero-order valence-corrected chi connectivity index (χ0v) is 10.2. The van der Waals surface area contributed by atoms with E-state index in [-0.39, 0.29) is 5.91 Å². The van der Waals surface area contributed by atoms with E-state index in [9.17, 15) is 4.79 Å². The molecule has 2 aromatic rings. The van der Waals surface area contributed by atoms with Gasteiger partial charge in [0, 0.05) is 23.3 Å². The highest BCUT2D eigenvalue weighted by molar-refractivity contribution is 5.98. The maximum absolute atomic E-state index is 12.1. The Morgan fingerprint density at radius 1 is 1.22 bits per heavy atom. The molecule has 0 spiro atoms. The second-order valence-corrected chi connectivity index (χ2v) is 4.78. The highest BCUT2D eigenvalue weighted by Crippen LogP contribution is 2.14. The topological polar surface area (TPSA) is 56.9 Å². The number of rotatable bonds is 2. The van der Waals surface area contributed by atoms with E-state index in [1.54, 1.807) is 0 Å². The van der Waals surface area contributed by atoms with E-state index in [1.165, 1.54) is 0 Å². The molecule has 4 heteroatoms. The van der Waals surface area contributed by atoms with Gasteiger partial charge in [-0.25, -0.2) is 0 Å². The van der Waals surface area contributed by atoms with Crippen LogP contribution in [0.2, 0.25) is 0 Å². The molecule has 0 saturated carbocycles. The Hall–Kier alpha value is -1.81. The predicted octanol–water partition coefficient (Wildman–Crippen LogP) is 1.65. The predicted molar refractivity (Wildman–Crippen MR) is 71.7 cm³/mol. The normalized spacial score (nSPS) is 16.9. The molecular formula is C14H17N3O. The Morgan fingerprint density at radius 3 is 2.89 bits per heavy atom. The number of nitrogens with one attached hydrogen (secondary N) is 3. The van der Waals surface area contributed by atoms with Gasteiger partial charge in [-0.15, -0.1) is 0 Å². The van der Waals surface area contributed by atoms with Gasteiger partial charge in [0.05, 0.1) is 0 Å². The lowest BCUT2D eigenvalue weighted by Crippen LogP contribution is -2.42. The van der Waals surface area contributed by atoms with Gasteiger partial charge in [-0.2, -0.15) is 0 Å². The van der Waals surface area contributed by atoms with Gasteiger partial charge in [-0.05, 0) is 49.5 Å². The van der Waals surface area contributed by atoms with Crippen molar-refractivity contribution < 1.29 is 4.79 Å². The molecule has 1 aromatic heterocycles. The number of carbonyl (C=O) groups is 1. The van der Waals surface area contributed by atoms with Crippen molar-refractivity contribution in [3.63, 3.8) is 0 Å². The summed E-state index contributed by atoms with van der Waals surface area (Å²) in [5.74, 6) is 0.0263. The number of hydrogen-bond donors (Lipinski definition) is 3. The molecule has 3 N–H and O–H groups in total. The van der Waals surface area contributed by atoms with E-state index in [4.69, 9.17) is 0 Å². The minimum absolute atomic E-state index is 0.0263. The number of carbonyl (C=O) groups excluding carboxylic acids is 1. The number of H-pyrrole nitrogens is 1. The van der Waals surface area contributed by atoms with E-state index in [2.05, 4.69) is 15.6 Å². The Balaban J connectivity index is 1.74. The average molecular weight is 243 g/mol. The fraction of sp³-hybridized carbons (Fsp3) is 0.357. The molecule has 94 valence electrons. The molecule has 1 amide bonds. The van der Waals surface area contributed by atoms with Crippen LogP contribution < -0.4 is 10.6 Å². The first kappa shape index (κ1) is 11.3. The van der Waals surface area contributed by atoms with E-state index >= 15 is 0 Å². The van der Waals surface area contributed by atoms with Crippen molar-refractivity contribution in [2.75, 3.05) is 13.1 Å². The summed E-state index contributed by atoms with van der Waals surface area (Å²) in [6, 6.07) is 8.07. The second kappa shape index (κ2) is 4.82. The Bertz CT molecular complexity index is 555. The van der Waals surface area contributed by atoms with E-state index in [0.717, 1.165) is 42.4 Å². The number of aromatic amines is 1. The summed E-state index contributed by atoms with van der Waals surface area (Å²) < 4.78 is 0. The smallest absolute Gasteiger partial charge is 0.251 e. The molecule has 3 rings (SSSR count). The van der Waals surface area contributed by atoms with Crippen LogP contribution in [0, 0.1) is 0 Å². The van der Waals surface area contributed by atoms with Crippen LogP contribution in [0.5, 0.6) is 0 Å². The molecule has 1 aliphatic heterocycles. The summed E-state index contributed by atoms with van der Waals surface area (Å²) in [5.41, 5.74) is 1.73. The number of fused-ring (bicyclic) bond motifs is 1. The number of hydrogen-bond acceptors (Lipinski definition) is 2. The molecular weight excluding hydrogens is 226 g/mol. The molecule has 0 bridgehead atoms. The summed E-state index contributed by atoms with van der Waals surface area (Å²) >= 11 is 0. The van der Waals surface area contributed by atoms with Gasteiger partial charge in [-0.3, -0.25) is 4.79 Å². The molecule has 0 radical (unpaired) electrons. The summed E-state index contributed by atoms with van der Waals surface area (Å²) in [6.07, 6.45) is 3.91. The Kier molecular flexibility index (Phi) is 3.02. The van der Waals surface area contributed by atoms with Crippen molar-refractivity contribution in [2.24, 2.45) is 0 Å². The van der Waals surface area contributed by atoms with Crippen molar-refractivity contribution in [1.82, 2.24) is 15.6 Å². The highest BCUT2D eigenvalue weighted by atomic mass is 16.1. The summed E-state index contributed by atoms with van der Waals surface area (Å²) in [4.78, 5) is 15.3. The lowest BCUT2D eigenvalue weighted by molar-refractivity contribution is 0.0929. The van der Waals surface area contributed by atoms with E-state index < -0.39 is 0 Å². The molecule has 0 aliphatic carbocycles. The quantitative estimate of drug-likeness (QED) is 0.751. The van der Waals surface area contributed by atoms with Gasteiger partial charge in [0.1, 0.15) is 0 Å². The molecule has 18 heavy (non-hydrogen) atoms. The second-order valence-electron chi connectivity index (χ2n) is 4.78. The van der Waals surface area contributed by atoms with Gasteiger partial charge < -0.3 is 15.6 Å². The third-order valence-corrected chi connectivity index (χ3v) is 3.49. The third-order valence-electron chi connectivity index (χ3n) is 3.49. The molecule has 4 nitrogen and oxygen atoms in total. The minimum Gasteiger partial charge on any atom is -0.361 e. The van der Waals surface area contributed by atoms with Gasteiger partial charge in [0.2, 0.25) is 0 Å². The fourth-order valence-corrected chi connectivity index (χ4v) is 2.42. The summed E-state index contributed by atoms with van der Waals surface area (Å²) in [5, 5.41) is 7.52. The lowest BCUT2D eigenvalue weighted by atomic mass is 10.1. The number of aromatic nitrogens is 1. The summed E-state index contributed by atoms with van der Waals surface area (Å²) in [6.45, 7) is 1.97. The van der Waals surface area contributed by atoms with Crippen LogP contribution in [0.1, 0.15) is 23.2 Å². The SMILES string of the molecule is O=C(NC1CCNCC1)c1ccc2cc[nH]c2c1. The van der Waals surface area contributed by atoms with Crippen molar-refractivity contribution in [2.45, 2.75) is 18.9 Å². The van der Waals surface area contributed by atoms with Gasteiger partial charge in [-0.1, -0.05) is 6.07 Å². The molecule has 1 aliphatic rings. The average Bonchev–Trinajstić information content (AvgIpc) is 2.87. The molecule has 0 unspecified atom stereocenters.